The number of hydrogen-bond acceptors (Lipinski definition) is 3. The third-order valence-corrected chi connectivity index (χ3v) is 5.60. The van der Waals surface area contributed by atoms with Crippen LogP contribution < -0.4 is 5.32 Å². The second-order valence-corrected chi connectivity index (χ2v) is 8.42. The van der Waals surface area contributed by atoms with Gasteiger partial charge in [0.15, 0.2) is 5.78 Å². The fourth-order valence-electron chi connectivity index (χ4n) is 3.87. The molecule has 3 aromatic carbocycles. The van der Waals surface area contributed by atoms with Crippen molar-refractivity contribution in [1.82, 2.24) is 4.90 Å². The third kappa shape index (κ3) is 6.50. The minimum Gasteiger partial charge on any atom is -0.323 e. The number of benzene rings is 3. The summed E-state index contributed by atoms with van der Waals surface area (Å²) in [6.07, 6.45) is 7.32. The van der Waals surface area contributed by atoms with Crippen molar-refractivity contribution in [1.29, 1.82) is 0 Å². The van der Waals surface area contributed by atoms with Crippen LogP contribution in [-0.2, 0) is 9.59 Å². The Kier molecular flexibility index (Phi) is 7.63. The first-order valence-corrected chi connectivity index (χ1v) is 11.4. The molecule has 1 saturated heterocycles. The largest absolute Gasteiger partial charge is 0.323 e. The molecule has 1 aliphatic rings. The van der Waals surface area contributed by atoms with E-state index in [1.54, 1.807) is 6.08 Å². The number of likely N-dealkylation sites (tertiary alicyclic amines) is 1. The number of hydrogen-bond donors (Lipinski definition) is 1. The molecule has 1 fully saturated rings. The van der Waals surface area contributed by atoms with Crippen LogP contribution in [0.4, 0.5) is 5.69 Å². The number of Topliss-reactive ketones (excluding diaryl/α,β-unsaturated/α-hetero) is 1. The highest BCUT2D eigenvalue weighted by Gasteiger charge is 2.25. The summed E-state index contributed by atoms with van der Waals surface area (Å²) < 4.78 is 0. The first-order chi connectivity index (χ1) is 16.6. The van der Waals surface area contributed by atoms with Crippen molar-refractivity contribution in [2.24, 2.45) is 0 Å². The Morgan fingerprint density at radius 1 is 0.824 bits per heavy atom. The molecule has 4 heteroatoms. The quantitative estimate of drug-likeness (QED) is 0.504. The highest BCUT2D eigenvalue weighted by atomic mass is 16.1. The lowest BCUT2D eigenvalue weighted by Gasteiger charge is -2.29. The predicted octanol–water partition coefficient (Wildman–Crippen LogP) is 5.54. The van der Waals surface area contributed by atoms with Gasteiger partial charge in [-0.25, -0.2) is 0 Å². The Balaban J connectivity index is 1.49. The number of piperidine rings is 1. The second kappa shape index (κ2) is 11.2. The molecule has 1 heterocycles. The molecule has 0 unspecified atom stereocenters. The number of anilines is 1. The number of carbonyl (C=O) groups is 2. The van der Waals surface area contributed by atoms with Gasteiger partial charge in [-0.1, -0.05) is 84.4 Å². The summed E-state index contributed by atoms with van der Waals surface area (Å²) in [7, 11) is 0. The third-order valence-electron chi connectivity index (χ3n) is 5.60. The molecular weight excluding hydrogens is 420 g/mol. The summed E-state index contributed by atoms with van der Waals surface area (Å²) >= 11 is 0. The zero-order valence-corrected chi connectivity index (χ0v) is 19.3. The molecule has 0 spiro atoms. The molecule has 0 aromatic heterocycles. The van der Waals surface area contributed by atoms with Crippen molar-refractivity contribution >= 4 is 29.5 Å². The van der Waals surface area contributed by atoms with Crippen LogP contribution in [0.1, 0.15) is 16.7 Å². The summed E-state index contributed by atoms with van der Waals surface area (Å²) in [5.41, 5.74) is 5.41. The zero-order chi connectivity index (χ0) is 23.8. The fraction of sp³-hybridized carbons (Fsp3) is 0.133. The maximum Gasteiger partial charge on any atom is 0.248 e. The second-order valence-electron chi connectivity index (χ2n) is 8.42. The summed E-state index contributed by atoms with van der Waals surface area (Å²) in [6, 6.07) is 27.5. The normalized spacial score (nSPS) is 16.9. The van der Waals surface area contributed by atoms with E-state index >= 15 is 0 Å². The van der Waals surface area contributed by atoms with Crippen LogP contribution >= 0.6 is 0 Å². The van der Waals surface area contributed by atoms with Crippen LogP contribution in [-0.4, -0.2) is 36.2 Å². The number of aryl methyl sites for hydroxylation is 1. The Morgan fingerprint density at radius 2 is 1.35 bits per heavy atom. The van der Waals surface area contributed by atoms with E-state index in [0.717, 1.165) is 33.5 Å². The van der Waals surface area contributed by atoms with Gasteiger partial charge in [-0.2, -0.15) is 0 Å². The molecule has 1 N–H and O–H groups in total. The highest BCUT2D eigenvalue weighted by Crippen LogP contribution is 2.22. The van der Waals surface area contributed by atoms with Gasteiger partial charge in [0.2, 0.25) is 5.91 Å². The minimum atomic E-state index is -0.169. The van der Waals surface area contributed by atoms with E-state index < -0.39 is 0 Å². The summed E-state index contributed by atoms with van der Waals surface area (Å²) in [4.78, 5) is 27.7. The molecule has 170 valence electrons. The summed E-state index contributed by atoms with van der Waals surface area (Å²) in [5.74, 6) is -0.0953. The Morgan fingerprint density at radius 3 is 1.88 bits per heavy atom. The van der Waals surface area contributed by atoms with E-state index in [2.05, 4.69) is 10.2 Å². The summed E-state index contributed by atoms with van der Waals surface area (Å²) in [5, 5.41) is 2.88. The van der Waals surface area contributed by atoms with Crippen molar-refractivity contribution in [2.45, 2.75) is 6.92 Å². The van der Waals surface area contributed by atoms with Gasteiger partial charge in [0, 0.05) is 42.5 Å². The van der Waals surface area contributed by atoms with Gasteiger partial charge in [-0.15, -0.1) is 0 Å². The van der Waals surface area contributed by atoms with E-state index in [9.17, 15) is 9.59 Å². The number of rotatable bonds is 6. The van der Waals surface area contributed by atoms with E-state index in [1.165, 1.54) is 0 Å². The maximum absolute atomic E-state index is 13.2. The topological polar surface area (TPSA) is 49.4 Å². The van der Waals surface area contributed by atoms with Gasteiger partial charge in [-0.05, 0) is 42.3 Å². The van der Waals surface area contributed by atoms with E-state index in [4.69, 9.17) is 0 Å². The van der Waals surface area contributed by atoms with Crippen molar-refractivity contribution in [3.8, 4) is 0 Å². The van der Waals surface area contributed by atoms with Crippen molar-refractivity contribution in [3.63, 3.8) is 0 Å². The number of carbonyl (C=O) groups excluding carboxylic acids is 2. The minimum absolute atomic E-state index is 0.0741. The van der Waals surface area contributed by atoms with Crippen LogP contribution in [0.15, 0.2) is 108 Å². The van der Waals surface area contributed by atoms with Crippen molar-refractivity contribution in [3.05, 3.63) is 125 Å². The van der Waals surface area contributed by atoms with Crippen molar-refractivity contribution < 1.29 is 9.59 Å². The highest BCUT2D eigenvalue weighted by molar-refractivity contribution is 6.14. The van der Waals surface area contributed by atoms with E-state index in [1.807, 2.05) is 110 Å². The van der Waals surface area contributed by atoms with Crippen molar-refractivity contribution in [2.75, 3.05) is 25.0 Å². The van der Waals surface area contributed by atoms with Crippen LogP contribution in [0.5, 0.6) is 0 Å². The molecule has 4 nitrogen and oxygen atoms in total. The number of nitrogens with one attached hydrogen (secondary N) is 1. The Bertz CT molecular complexity index is 1160. The molecule has 0 atom stereocenters. The first-order valence-electron chi connectivity index (χ1n) is 11.4. The first kappa shape index (κ1) is 23.1. The zero-order valence-electron chi connectivity index (χ0n) is 19.3. The van der Waals surface area contributed by atoms with Crippen LogP contribution in [0.2, 0.25) is 0 Å². The predicted molar refractivity (Wildman–Crippen MR) is 139 cm³/mol. The molecule has 0 radical (unpaired) electrons. The lowest BCUT2D eigenvalue weighted by Crippen LogP contribution is -2.37. The number of nitrogens with zero attached hydrogens (tertiary/aromatic N) is 1. The van der Waals surface area contributed by atoms with Gasteiger partial charge in [0.1, 0.15) is 0 Å². The molecule has 1 amide bonds. The number of ketones is 1. The smallest absolute Gasteiger partial charge is 0.248 e. The van der Waals surface area contributed by atoms with Gasteiger partial charge in [0.05, 0.1) is 0 Å². The van der Waals surface area contributed by atoms with Gasteiger partial charge >= 0.3 is 0 Å². The Labute approximate surface area is 200 Å². The standard InChI is InChI=1S/C30H28N2O2/c1-23-14-16-28(17-15-23)31-29(33)13-8-18-32-21-26(19-24-9-4-2-5-10-24)30(34)27(22-32)20-25-11-6-3-7-12-25/h2-17,19-20H,18,21-22H2,1H3,(H,31,33)/b13-8-,26-19-,27-20+. The van der Waals surface area contributed by atoms with Crippen LogP contribution in [0.3, 0.4) is 0 Å². The monoisotopic (exact) mass is 448 g/mol. The van der Waals surface area contributed by atoms with E-state index in [-0.39, 0.29) is 11.7 Å². The maximum atomic E-state index is 13.2. The molecule has 3 aromatic rings. The fourth-order valence-corrected chi connectivity index (χ4v) is 3.87. The van der Waals surface area contributed by atoms with Gasteiger partial charge in [0.25, 0.3) is 0 Å². The van der Waals surface area contributed by atoms with Gasteiger partial charge < -0.3 is 5.32 Å². The lowest BCUT2D eigenvalue weighted by molar-refractivity contribution is -0.113. The number of amides is 1. The van der Waals surface area contributed by atoms with E-state index in [0.29, 0.717) is 19.6 Å². The average molecular weight is 449 g/mol. The molecule has 0 saturated carbocycles. The SMILES string of the molecule is Cc1ccc(NC(=O)/C=C\CN2C/C(=C/c3ccccc3)C(=O)/C(=C/c3ccccc3)C2)cc1. The molecule has 0 aliphatic carbocycles. The molecule has 34 heavy (non-hydrogen) atoms. The molecular formula is C30H28N2O2. The van der Waals surface area contributed by atoms with Gasteiger partial charge in [-0.3, -0.25) is 14.5 Å². The lowest BCUT2D eigenvalue weighted by atomic mass is 9.94. The Hall–Kier alpha value is -4.02. The van der Waals surface area contributed by atoms with Crippen LogP contribution in [0.25, 0.3) is 12.2 Å². The summed E-state index contributed by atoms with van der Waals surface area (Å²) in [6.45, 7) is 3.64. The molecule has 1 aliphatic heterocycles. The molecule has 4 rings (SSSR count). The average Bonchev–Trinajstić information content (AvgIpc) is 2.85. The van der Waals surface area contributed by atoms with Crippen LogP contribution in [0, 0.1) is 6.92 Å². The molecule has 0 bridgehead atoms.